The molecule has 1 N–H and O–H groups in total. The maximum absolute atomic E-state index is 12.7. The Kier molecular flexibility index (Phi) is 4.86. The van der Waals surface area contributed by atoms with E-state index in [4.69, 9.17) is 4.42 Å². The Hall–Kier alpha value is -1.09. The normalized spacial score (nSPS) is 24.8. The molecule has 3 heterocycles. The van der Waals surface area contributed by atoms with E-state index in [9.17, 15) is 13.2 Å². The highest BCUT2D eigenvalue weighted by Gasteiger charge is 2.42. The van der Waals surface area contributed by atoms with Crippen LogP contribution in [0.5, 0.6) is 0 Å². The van der Waals surface area contributed by atoms with Crippen molar-refractivity contribution in [3.8, 4) is 0 Å². The van der Waals surface area contributed by atoms with Crippen LogP contribution in [-0.2, 0) is 14.8 Å². The number of ether oxygens (including phenoxy) is 1. The summed E-state index contributed by atoms with van der Waals surface area (Å²) >= 11 is 0. The van der Waals surface area contributed by atoms with Crippen LogP contribution >= 0.6 is 12.4 Å². The summed E-state index contributed by atoms with van der Waals surface area (Å²) in [4.78, 5) is 11.5. The van der Waals surface area contributed by atoms with Crippen LogP contribution in [0, 0.1) is 18.8 Å². The molecule has 2 fully saturated rings. The van der Waals surface area contributed by atoms with Crippen molar-refractivity contribution in [1.82, 2.24) is 9.62 Å². The van der Waals surface area contributed by atoms with E-state index in [1.165, 1.54) is 24.4 Å². The minimum atomic E-state index is -3.63. The molecule has 0 unspecified atom stereocenters. The van der Waals surface area contributed by atoms with E-state index in [0.717, 1.165) is 13.1 Å². The quantitative estimate of drug-likeness (QED) is 0.805. The number of carbonyl (C=O) groups excluding carboxylic acids is 1. The molecule has 2 atom stereocenters. The summed E-state index contributed by atoms with van der Waals surface area (Å²) in [6.07, 6.45) is 0. The number of esters is 1. The molecule has 2 aliphatic rings. The molecule has 1 aromatic rings. The number of hydrogen-bond acceptors (Lipinski definition) is 6. The lowest BCUT2D eigenvalue weighted by Crippen LogP contribution is -2.32. The van der Waals surface area contributed by atoms with E-state index in [2.05, 4.69) is 10.1 Å². The predicted octanol–water partition coefficient (Wildman–Crippen LogP) is 0.636. The molecule has 7 nitrogen and oxygen atoms in total. The highest BCUT2D eigenvalue weighted by Crippen LogP contribution is 2.32. The van der Waals surface area contributed by atoms with Crippen molar-refractivity contribution in [2.75, 3.05) is 33.3 Å². The number of sulfonamides is 1. The number of rotatable bonds is 3. The van der Waals surface area contributed by atoms with Crippen LogP contribution in [0.15, 0.2) is 15.4 Å². The minimum Gasteiger partial charge on any atom is -0.463 e. The van der Waals surface area contributed by atoms with Gasteiger partial charge in [0.2, 0.25) is 15.8 Å². The van der Waals surface area contributed by atoms with Crippen molar-refractivity contribution in [2.45, 2.75) is 11.8 Å². The second-order valence-electron chi connectivity index (χ2n) is 5.52. The van der Waals surface area contributed by atoms with Crippen molar-refractivity contribution in [3.05, 3.63) is 17.6 Å². The number of aryl methyl sites for hydroxylation is 1. The first-order chi connectivity index (χ1) is 9.93. The monoisotopic (exact) mass is 350 g/mol. The first kappa shape index (κ1) is 17.3. The molecule has 22 heavy (non-hydrogen) atoms. The van der Waals surface area contributed by atoms with Crippen LogP contribution in [-0.4, -0.2) is 52.0 Å². The third-order valence-corrected chi connectivity index (χ3v) is 6.17. The third-order valence-electron chi connectivity index (χ3n) is 4.23. The molecule has 1 aromatic heterocycles. The van der Waals surface area contributed by atoms with Crippen molar-refractivity contribution in [3.63, 3.8) is 0 Å². The van der Waals surface area contributed by atoms with Gasteiger partial charge < -0.3 is 14.5 Å². The first-order valence-corrected chi connectivity index (χ1v) is 8.27. The number of nitrogens with zero attached hydrogens (tertiary/aromatic N) is 1. The number of hydrogen-bond donors (Lipinski definition) is 1. The summed E-state index contributed by atoms with van der Waals surface area (Å²) in [5, 5.41) is 3.27. The van der Waals surface area contributed by atoms with E-state index in [0.29, 0.717) is 24.9 Å². The van der Waals surface area contributed by atoms with E-state index in [1.54, 1.807) is 0 Å². The maximum atomic E-state index is 12.7. The molecule has 0 saturated carbocycles. The van der Waals surface area contributed by atoms with Gasteiger partial charge in [0.25, 0.3) is 0 Å². The molecule has 124 valence electrons. The number of halogens is 1. The van der Waals surface area contributed by atoms with Gasteiger partial charge in [0, 0.05) is 19.2 Å². The van der Waals surface area contributed by atoms with E-state index >= 15 is 0 Å². The Bertz CT molecular complexity index is 660. The van der Waals surface area contributed by atoms with Gasteiger partial charge in [0.1, 0.15) is 10.7 Å². The van der Waals surface area contributed by atoms with Crippen molar-refractivity contribution >= 4 is 28.4 Å². The van der Waals surface area contributed by atoms with E-state index in [-0.39, 0.29) is 28.8 Å². The molecular weight excluding hydrogens is 332 g/mol. The van der Waals surface area contributed by atoms with Crippen LogP contribution in [0.3, 0.4) is 0 Å². The van der Waals surface area contributed by atoms with Crippen molar-refractivity contribution < 1.29 is 22.4 Å². The van der Waals surface area contributed by atoms with Crippen LogP contribution in [0.25, 0.3) is 0 Å². The third kappa shape index (κ3) is 2.76. The highest BCUT2D eigenvalue weighted by atomic mass is 35.5. The van der Waals surface area contributed by atoms with Crippen LogP contribution in [0.4, 0.5) is 0 Å². The van der Waals surface area contributed by atoms with Gasteiger partial charge in [-0.2, -0.15) is 4.31 Å². The Labute approximate surface area is 135 Å². The van der Waals surface area contributed by atoms with Gasteiger partial charge in [-0.3, -0.25) is 0 Å². The minimum absolute atomic E-state index is 0. The van der Waals surface area contributed by atoms with Gasteiger partial charge in [0.05, 0.1) is 7.11 Å². The summed E-state index contributed by atoms with van der Waals surface area (Å²) in [6.45, 7) is 4.27. The van der Waals surface area contributed by atoms with Crippen LogP contribution in [0.2, 0.25) is 0 Å². The SMILES string of the molecule is COC(=O)c1cc(S(=O)(=O)N2C[C@H]3CNC[C@H]3C2)c(C)o1.Cl. The zero-order valence-corrected chi connectivity index (χ0v) is 14.0. The van der Waals surface area contributed by atoms with Gasteiger partial charge in [-0.05, 0) is 31.8 Å². The van der Waals surface area contributed by atoms with Gasteiger partial charge in [-0.25, -0.2) is 13.2 Å². The summed E-state index contributed by atoms with van der Waals surface area (Å²) in [5.74, 6) is 0.182. The number of furan rings is 1. The molecule has 0 bridgehead atoms. The lowest BCUT2D eigenvalue weighted by atomic mass is 10.0. The zero-order chi connectivity index (χ0) is 15.2. The predicted molar refractivity (Wildman–Crippen MR) is 80.6 cm³/mol. The lowest BCUT2D eigenvalue weighted by molar-refractivity contribution is 0.0563. The number of carbonyl (C=O) groups is 1. The molecule has 0 spiro atoms. The van der Waals surface area contributed by atoms with Gasteiger partial charge >= 0.3 is 5.97 Å². The molecular formula is C13H19ClN2O5S. The van der Waals surface area contributed by atoms with Crippen LogP contribution < -0.4 is 5.32 Å². The average molecular weight is 351 g/mol. The zero-order valence-electron chi connectivity index (χ0n) is 12.4. The summed E-state index contributed by atoms with van der Waals surface area (Å²) in [6, 6.07) is 1.25. The number of fused-ring (bicyclic) bond motifs is 1. The second-order valence-corrected chi connectivity index (χ2v) is 7.43. The first-order valence-electron chi connectivity index (χ1n) is 6.83. The Morgan fingerprint density at radius 3 is 2.50 bits per heavy atom. The fourth-order valence-electron chi connectivity index (χ4n) is 3.07. The molecule has 0 aliphatic carbocycles. The standard InChI is InChI=1S/C13H18N2O5S.ClH/c1-8-12(3-11(20-8)13(16)19-2)21(17,18)15-6-9-4-14-5-10(9)7-15;/h3,9-10,14H,4-7H2,1-2H3;1H/t9-,10+;. The summed E-state index contributed by atoms with van der Waals surface area (Å²) in [5.41, 5.74) is 0. The molecule has 0 aromatic carbocycles. The number of nitrogens with one attached hydrogen (secondary N) is 1. The Morgan fingerprint density at radius 2 is 1.95 bits per heavy atom. The van der Waals surface area contributed by atoms with Gasteiger partial charge in [0.15, 0.2) is 0 Å². The van der Waals surface area contributed by atoms with Crippen LogP contribution in [0.1, 0.15) is 16.3 Å². The van der Waals surface area contributed by atoms with E-state index in [1.807, 2.05) is 0 Å². The molecule has 2 aliphatic heterocycles. The lowest BCUT2D eigenvalue weighted by Gasteiger charge is -2.16. The molecule has 0 amide bonds. The highest BCUT2D eigenvalue weighted by molar-refractivity contribution is 7.89. The fraction of sp³-hybridized carbons (Fsp3) is 0.615. The summed E-state index contributed by atoms with van der Waals surface area (Å²) in [7, 11) is -2.40. The number of methoxy groups -OCH3 is 1. The van der Waals surface area contributed by atoms with E-state index < -0.39 is 16.0 Å². The molecule has 3 rings (SSSR count). The molecule has 9 heteroatoms. The van der Waals surface area contributed by atoms with Crippen molar-refractivity contribution in [2.24, 2.45) is 11.8 Å². The topological polar surface area (TPSA) is 88.9 Å². The Balaban J connectivity index is 0.00000176. The smallest absolute Gasteiger partial charge is 0.373 e. The van der Waals surface area contributed by atoms with Gasteiger partial charge in [-0.15, -0.1) is 12.4 Å². The molecule has 2 saturated heterocycles. The van der Waals surface area contributed by atoms with Crippen molar-refractivity contribution in [1.29, 1.82) is 0 Å². The summed E-state index contributed by atoms with van der Waals surface area (Å²) < 4.78 is 36.7. The largest absolute Gasteiger partial charge is 0.463 e. The Morgan fingerprint density at radius 1 is 1.36 bits per heavy atom. The average Bonchev–Trinajstić information content (AvgIpc) is 3.10. The second kappa shape index (κ2) is 6.19. The molecule has 0 radical (unpaired) electrons. The maximum Gasteiger partial charge on any atom is 0.373 e. The fourth-order valence-corrected chi connectivity index (χ4v) is 4.78. The van der Waals surface area contributed by atoms with Gasteiger partial charge in [-0.1, -0.05) is 0 Å².